The van der Waals surface area contributed by atoms with Gasteiger partial charge < -0.3 is 4.98 Å². The molecular weight excluding hydrogens is 262 g/mol. The number of allylic oxidation sites excluding steroid dienone is 2. The van der Waals surface area contributed by atoms with Gasteiger partial charge in [0.1, 0.15) is 5.82 Å². The number of nitrogens with zero attached hydrogens (tertiary/aromatic N) is 2. The Morgan fingerprint density at radius 3 is 2.95 bits per heavy atom. The monoisotopic (exact) mass is 285 g/mol. The van der Waals surface area contributed by atoms with Crippen molar-refractivity contribution in [3.63, 3.8) is 0 Å². The third-order valence-corrected chi connectivity index (χ3v) is 5.02. The van der Waals surface area contributed by atoms with Crippen molar-refractivity contribution in [3.05, 3.63) is 39.6 Å². The molecule has 1 saturated carbocycles. The lowest BCUT2D eigenvalue weighted by Gasteiger charge is -2.31. The second kappa shape index (κ2) is 5.41. The Morgan fingerprint density at radius 2 is 2.19 bits per heavy atom. The van der Waals surface area contributed by atoms with Gasteiger partial charge in [-0.25, -0.2) is 4.98 Å². The van der Waals surface area contributed by atoms with E-state index < -0.39 is 0 Å². The summed E-state index contributed by atoms with van der Waals surface area (Å²) in [6.07, 6.45) is 11.6. The van der Waals surface area contributed by atoms with Crippen molar-refractivity contribution in [1.29, 1.82) is 0 Å². The summed E-state index contributed by atoms with van der Waals surface area (Å²) in [6.45, 7) is 2.95. The number of aromatic nitrogens is 2. The number of nitrogens with one attached hydrogen (secondary N) is 1. The molecule has 0 bridgehead atoms. The zero-order valence-corrected chi connectivity index (χ0v) is 12.5. The number of hydrogen-bond acceptors (Lipinski definition) is 3. The van der Waals surface area contributed by atoms with E-state index in [4.69, 9.17) is 4.98 Å². The van der Waals surface area contributed by atoms with E-state index in [0.717, 1.165) is 49.1 Å². The van der Waals surface area contributed by atoms with Crippen LogP contribution in [0.2, 0.25) is 0 Å². The zero-order valence-electron chi connectivity index (χ0n) is 12.5. The second-order valence-corrected chi connectivity index (χ2v) is 6.79. The molecule has 4 rings (SSSR count). The normalized spacial score (nSPS) is 25.8. The third-order valence-electron chi connectivity index (χ3n) is 5.02. The van der Waals surface area contributed by atoms with Crippen LogP contribution in [0.1, 0.15) is 55.1 Å². The van der Waals surface area contributed by atoms with Crippen LogP contribution in [0.25, 0.3) is 0 Å². The molecule has 4 heteroatoms. The van der Waals surface area contributed by atoms with Gasteiger partial charge in [-0.3, -0.25) is 9.69 Å². The maximum atomic E-state index is 12.3. The van der Waals surface area contributed by atoms with E-state index in [1.165, 1.54) is 32.1 Å². The minimum absolute atomic E-state index is 0.107. The molecule has 0 radical (unpaired) electrons. The van der Waals surface area contributed by atoms with Gasteiger partial charge in [-0.05, 0) is 38.0 Å². The first-order chi connectivity index (χ1) is 10.3. The molecule has 1 fully saturated rings. The molecule has 1 unspecified atom stereocenters. The molecule has 0 spiro atoms. The van der Waals surface area contributed by atoms with Crippen LogP contribution in [-0.2, 0) is 13.0 Å². The van der Waals surface area contributed by atoms with Crippen LogP contribution in [0, 0.1) is 5.92 Å². The van der Waals surface area contributed by atoms with Gasteiger partial charge in [0.15, 0.2) is 0 Å². The average Bonchev–Trinajstić information content (AvgIpc) is 3.33. The van der Waals surface area contributed by atoms with Crippen molar-refractivity contribution >= 4 is 0 Å². The predicted molar refractivity (Wildman–Crippen MR) is 82.3 cm³/mol. The number of hydrogen-bond donors (Lipinski definition) is 1. The highest BCUT2D eigenvalue weighted by atomic mass is 16.1. The highest BCUT2D eigenvalue weighted by Crippen LogP contribution is 2.37. The highest BCUT2D eigenvalue weighted by Gasteiger charge is 2.29. The summed E-state index contributed by atoms with van der Waals surface area (Å²) < 4.78 is 0. The molecule has 0 aromatic carbocycles. The van der Waals surface area contributed by atoms with E-state index in [1.807, 2.05) is 0 Å². The van der Waals surface area contributed by atoms with Crippen molar-refractivity contribution in [2.45, 2.75) is 51.0 Å². The number of H-pyrrole nitrogens is 1. The van der Waals surface area contributed by atoms with Crippen LogP contribution in [-0.4, -0.2) is 28.0 Å². The van der Waals surface area contributed by atoms with Crippen molar-refractivity contribution in [1.82, 2.24) is 14.9 Å². The largest absolute Gasteiger partial charge is 0.310 e. The third kappa shape index (κ3) is 2.82. The van der Waals surface area contributed by atoms with Crippen molar-refractivity contribution in [2.75, 3.05) is 13.1 Å². The van der Waals surface area contributed by atoms with Crippen LogP contribution in [0.5, 0.6) is 0 Å². The molecule has 4 nitrogen and oxygen atoms in total. The topological polar surface area (TPSA) is 49.0 Å². The minimum atomic E-state index is 0.107. The van der Waals surface area contributed by atoms with E-state index in [9.17, 15) is 4.79 Å². The highest BCUT2D eigenvalue weighted by molar-refractivity contribution is 5.22. The molecule has 1 atom stereocenters. The first-order valence-electron chi connectivity index (χ1n) is 8.29. The van der Waals surface area contributed by atoms with Crippen LogP contribution >= 0.6 is 0 Å². The molecular formula is C17H23N3O. The van der Waals surface area contributed by atoms with Crippen molar-refractivity contribution in [2.24, 2.45) is 5.92 Å². The van der Waals surface area contributed by atoms with Gasteiger partial charge in [-0.2, -0.15) is 0 Å². The minimum Gasteiger partial charge on any atom is -0.310 e. The standard InChI is InChI=1S/C17H23N3O/c21-17-14-11-20(10-12-4-2-1-3-5-12)9-8-15(14)18-16(19-17)13-6-7-13/h1-2,12-13H,3-11H2,(H,18,19,21). The molecule has 112 valence electrons. The SMILES string of the molecule is O=c1[nH]c(C2CC2)nc2c1CN(CC1CC=CCC1)CC2. The van der Waals surface area contributed by atoms with Gasteiger partial charge in [0.25, 0.3) is 5.56 Å². The van der Waals surface area contributed by atoms with E-state index in [-0.39, 0.29) is 5.56 Å². The van der Waals surface area contributed by atoms with Gasteiger partial charge in [-0.15, -0.1) is 0 Å². The summed E-state index contributed by atoms with van der Waals surface area (Å²) in [5.41, 5.74) is 2.08. The van der Waals surface area contributed by atoms with Crippen LogP contribution in [0.15, 0.2) is 16.9 Å². The molecule has 0 amide bonds. The number of rotatable bonds is 3. The molecule has 1 N–H and O–H groups in total. The first kappa shape index (κ1) is 13.3. The predicted octanol–water partition coefficient (Wildman–Crippen LogP) is 2.36. The lowest BCUT2D eigenvalue weighted by Crippen LogP contribution is -2.38. The fourth-order valence-electron chi connectivity index (χ4n) is 3.59. The van der Waals surface area contributed by atoms with Crippen LogP contribution in [0.4, 0.5) is 0 Å². The zero-order chi connectivity index (χ0) is 14.2. The van der Waals surface area contributed by atoms with Crippen LogP contribution in [0.3, 0.4) is 0 Å². The van der Waals surface area contributed by atoms with E-state index in [1.54, 1.807) is 0 Å². The number of aromatic amines is 1. The second-order valence-electron chi connectivity index (χ2n) is 6.79. The average molecular weight is 285 g/mol. The fraction of sp³-hybridized carbons (Fsp3) is 0.647. The number of fused-ring (bicyclic) bond motifs is 1. The summed E-state index contributed by atoms with van der Waals surface area (Å²) in [5, 5.41) is 0. The van der Waals surface area contributed by atoms with Gasteiger partial charge in [0.05, 0.1) is 11.3 Å². The van der Waals surface area contributed by atoms with Gasteiger partial charge >= 0.3 is 0 Å². The summed E-state index contributed by atoms with van der Waals surface area (Å²) in [7, 11) is 0. The molecule has 1 aromatic rings. The summed E-state index contributed by atoms with van der Waals surface area (Å²) in [6, 6.07) is 0. The molecule has 3 aliphatic rings. The van der Waals surface area contributed by atoms with Crippen molar-refractivity contribution in [3.8, 4) is 0 Å². The van der Waals surface area contributed by atoms with E-state index >= 15 is 0 Å². The maximum absolute atomic E-state index is 12.3. The Morgan fingerprint density at radius 1 is 1.29 bits per heavy atom. The molecule has 2 aliphatic carbocycles. The molecule has 1 aromatic heterocycles. The summed E-state index contributed by atoms with van der Waals surface area (Å²) in [5.74, 6) is 2.22. The summed E-state index contributed by atoms with van der Waals surface area (Å²) in [4.78, 5) is 22.5. The Bertz CT molecular complexity index is 615. The lowest BCUT2D eigenvalue weighted by molar-refractivity contribution is 0.203. The Hall–Kier alpha value is -1.42. The smallest absolute Gasteiger partial charge is 0.255 e. The molecule has 1 aliphatic heterocycles. The molecule has 2 heterocycles. The van der Waals surface area contributed by atoms with E-state index in [2.05, 4.69) is 22.0 Å². The van der Waals surface area contributed by atoms with Gasteiger partial charge in [0, 0.05) is 32.0 Å². The molecule has 21 heavy (non-hydrogen) atoms. The quantitative estimate of drug-likeness (QED) is 0.867. The Labute approximate surface area is 125 Å². The Balaban J connectivity index is 1.49. The Kier molecular flexibility index (Phi) is 3.42. The first-order valence-corrected chi connectivity index (χ1v) is 8.29. The maximum Gasteiger partial charge on any atom is 0.255 e. The van der Waals surface area contributed by atoms with Crippen LogP contribution < -0.4 is 5.56 Å². The van der Waals surface area contributed by atoms with Crippen molar-refractivity contribution < 1.29 is 0 Å². The van der Waals surface area contributed by atoms with Gasteiger partial charge in [0.2, 0.25) is 0 Å². The lowest BCUT2D eigenvalue weighted by atomic mass is 9.93. The summed E-state index contributed by atoms with van der Waals surface area (Å²) >= 11 is 0. The van der Waals surface area contributed by atoms with E-state index in [0.29, 0.717) is 5.92 Å². The molecule has 0 saturated heterocycles. The fourth-order valence-corrected chi connectivity index (χ4v) is 3.59. The van der Waals surface area contributed by atoms with Gasteiger partial charge in [-0.1, -0.05) is 12.2 Å².